The van der Waals surface area contributed by atoms with Crippen LogP contribution in [0.4, 0.5) is 5.69 Å². The fourth-order valence-electron chi connectivity index (χ4n) is 2.66. The van der Waals surface area contributed by atoms with E-state index in [9.17, 15) is 0 Å². The molecular formula is C17H17N. The molecule has 0 aliphatic carbocycles. The SMILES string of the molecule is C=C1C[C@H](c2ccccc2)N(c2ccccc2)C1. The lowest BCUT2D eigenvalue weighted by Gasteiger charge is -2.26. The maximum atomic E-state index is 4.16. The van der Waals surface area contributed by atoms with Gasteiger partial charge >= 0.3 is 0 Å². The zero-order valence-electron chi connectivity index (χ0n) is 10.4. The molecule has 0 amide bonds. The van der Waals surface area contributed by atoms with Crippen molar-refractivity contribution >= 4 is 5.69 Å². The minimum atomic E-state index is 0.432. The number of hydrogen-bond donors (Lipinski definition) is 0. The van der Waals surface area contributed by atoms with Gasteiger partial charge in [-0.25, -0.2) is 0 Å². The fourth-order valence-corrected chi connectivity index (χ4v) is 2.66. The van der Waals surface area contributed by atoms with Gasteiger partial charge in [0.1, 0.15) is 0 Å². The summed E-state index contributed by atoms with van der Waals surface area (Å²) in [4.78, 5) is 2.44. The summed E-state index contributed by atoms with van der Waals surface area (Å²) in [7, 11) is 0. The molecule has 0 spiro atoms. The highest BCUT2D eigenvalue weighted by Gasteiger charge is 2.28. The standard InChI is InChI=1S/C17H17N/c1-14-12-17(15-8-4-2-5-9-15)18(13-14)16-10-6-3-7-11-16/h2-11,17H,1,12-13H2/t17-/m1/s1. The first-order valence-electron chi connectivity index (χ1n) is 6.38. The Morgan fingerprint density at radius 1 is 0.889 bits per heavy atom. The Balaban J connectivity index is 1.96. The Morgan fingerprint density at radius 3 is 2.17 bits per heavy atom. The zero-order chi connectivity index (χ0) is 12.4. The monoisotopic (exact) mass is 235 g/mol. The first-order chi connectivity index (χ1) is 8.84. The van der Waals surface area contributed by atoms with Gasteiger partial charge in [-0.2, -0.15) is 0 Å². The minimum absolute atomic E-state index is 0.432. The molecule has 0 bridgehead atoms. The summed E-state index contributed by atoms with van der Waals surface area (Å²) in [5, 5.41) is 0. The molecule has 3 rings (SSSR count). The summed E-state index contributed by atoms with van der Waals surface area (Å²) in [5.74, 6) is 0. The number of para-hydroxylation sites is 1. The lowest BCUT2D eigenvalue weighted by molar-refractivity contribution is 0.732. The lowest BCUT2D eigenvalue weighted by Crippen LogP contribution is -2.22. The third kappa shape index (κ3) is 2.04. The van der Waals surface area contributed by atoms with E-state index in [2.05, 4.69) is 72.1 Å². The smallest absolute Gasteiger partial charge is 0.0583 e. The van der Waals surface area contributed by atoms with Crippen molar-refractivity contribution in [2.24, 2.45) is 0 Å². The molecule has 0 saturated carbocycles. The largest absolute Gasteiger partial charge is 0.360 e. The van der Waals surface area contributed by atoms with Crippen LogP contribution in [0, 0.1) is 0 Å². The highest BCUT2D eigenvalue weighted by molar-refractivity contribution is 5.52. The van der Waals surface area contributed by atoms with Crippen LogP contribution in [0.15, 0.2) is 72.8 Å². The summed E-state index contributed by atoms with van der Waals surface area (Å²) in [6.45, 7) is 5.13. The molecule has 1 heterocycles. The second kappa shape index (κ2) is 4.69. The molecule has 2 aromatic rings. The molecule has 18 heavy (non-hydrogen) atoms. The fraction of sp³-hybridized carbons (Fsp3) is 0.176. The molecule has 1 saturated heterocycles. The van der Waals surface area contributed by atoms with E-state index < -0.39 is 0 Å². The second-order valence-electron chi connectivity index (χ2n) is 4.84. The summed E-state index contributed by atoms with van der Waals surface area (Å²) in [6.07, 6.45) is 1.05. The molecule has 1 atom stereocenters. The van der Waals surface area contributed by atoms with Gasteiger partial charge in [0.25, 0.3) is 0 Å². The van der Waals surface area contributed by atoms with E-state index >= 15 is 0 Å². The predicted molar refractivity (Wildman–Crippen MR) is 76.7 cm³/mol. The number of anilines is 1. The normalized spacial score (nSPS) is 19.2. The number of nitrogens with zero attached hydrogens (tertiary/aromatic N) is 1. The van der Waals surface area contributed by atoms with Crippen molar-refractivity contribution in [3.8, 4) is 0 Å². The van der Waals surface area contributed by atoms with E-state index in [4.69, 9.17) is 0 Å². The first kappa shape index (κ1) is 11.1. The van der Waals surface area contributed by atoms with Crippen LogP contribution in [0.3, 0.4) is 0 Å². The topological polar surface area (TPSA) is 3.24 Å². The van der Waals surface area contributed by atoms with Gasteiger partial charge in [-0.1, -0.05) is 60.7 Å². The van der Waals surface area contributed by atoms with Crippen LogP contribution >= 0.6 is 0 Å². The third-order valence-corrected chi connectivity index (χ3v) is 3.52. The second-order valence-corrected chi connectivity index (χ2v) is 4.84. The molecule has 1 heteroatoms. The number of hydrogen-bond acceptors (Lipinski definition) is 1. The molecule has 1 aliphatic rings. The van der Waals surface area contributed by atoms with Crippen LogP contribution in [0.1, 0.15) is 18.0 Å². The van der Waals surface area contributed by atoms with E-state index in [-0.39, 0.29) is 0 Å². The number of rotatable bonds is 2. The Hall–Kier alpha value is -2.02. The first-order valence-corrected chi connectivity index (χ1v) is 6.38. The van der Waals surface area contributed by atoms with Crippen molar-refractivity contribution in [2.75, 3.05) is 11.4 Å². The molecule has 90 valence electrons. The maximum Gasteiger partial charge on any atom is 0.0583 e. The molecule has 1 fully saturated rings. The molecule has 0 N–H and O–H groups in total. The van der Waals surface area contributed by atoms with Crippen LogP contribution < -0.4 is 4.90 Å². The van der Waals surface area contributed by atoms with Gasteiger partial charge in [0, 0.05) is 12.2 Å². The number of benzene rings is 2. The molecule has 0 radical (unpaired) electrons. The Kier molecular flexibility index (Phi) is 2.89. The lowest BCUT2D eigenvalue weighted by atomic mass is 10.0. The van der Waals surface area contributed by atoms with Crippen LogP contribution in [0.5, 0.6) is 0 Å². The highest BCUT2D eigenvalue weighted by atomic mass is 15.2. The van der Waals surface area contributed by atoms with Crippen molar-refractivity contribution in [1.29, 1.82) is 0 Å². The van der Waals surface area contributed by atoms with Crippen molar-refractivity contribution < 1.29 is 0 Å². The van der Waals surface area contributed by atoms with Crippen molar-refractivity contribution in [2.45, 2.75) is 12.5 Å². The Bertz CT molecular complexity index is 481. The molecule has 0 aromatic heterocycles. The Labute approximate surface area is 108 Å². The van der Waals surface area contributed by atoms with Gasteiger partial charge in [0.2, 0.25) is 0 Å². The van der Waals surface area contributed by atoms with Crippen LogP contribution in [0.25, 0.3) is 0 Å². The zero-order valence-corrected chi connectivity index (χ0v) is 10.4. The molecule has 1 aliphatic heterocycles. The van der Waals surface area contributed by atoms with Gasteiger partial charge in [-0.15, -0.1) is 0 Å². The summed E-state index contributed by atoms with van der Waals surface area (Å²) < 4.78 is 0. The van der Waals surface area contributed by atoms with Gasteiger partial charge < -0.3 is 4.90 Å². The minimum Gasteiger partial charge on any atom is -0.360 e. The van der Waals surface area contributed by atoms with E-state index in [0.717, 1.165) is 13.0 Å². The summed E-state index contributed by atoms with van der Waals surface area (Å²) in [6, 6.07) is 21.7. The molecule has 2 aromatic carbocycles. The highest BCUT2D eigenvalue weighted by Crippen LogP contribution is 2.37. The maximum absolute atomic E-state index is 4.16. The molecule has 0 unspecified atom stereocenters. The van der Waals surface area contributed by atoms with Crippen molar-refractivity contribution in [1.82, 2.24) is 0 Å². The average molecular weight is 235 g/mol. The van der Waals surface area contributed by atoms with E-state index in [0.29, 0.717) is 6.04 Å². The van der Waals surface area contributed by atoms with Gasteiger partial charge in [0.15, 0.2) is 0 Å². The van der Waals surface area contributed by atoms with Crippen LogP contribution in [-0.2, 0) is 0 Å². The molecule has 1 nitrogen and oxygen atoms in total. The average Bonchev–Trinajstić information content (AvgIpc) is 2.83. The third-order valence-electron chi connectivity index (χ3n) is 3.52. The van der Waals surface area contributed by atoms with Crippen LogP contribution in [0.2, 0.25) is 0 Å². The van der Waals surface area contributed by atoms with Crippen molar-refractivity contribution in [3.05, 3.63) is 78.4 Å². The molecular weight excluding hydrogens is 218 g/mol. The van der Waals surface area contributed by atoms with E-state index in [1.54, 1.807) is 0 Å². The van der Waals surface area contributed by atoms with E-state index in [1.807, 2.05) is 0 Å². The van der Waals surface area contributed by atoms with E-state index in [1.165, 1.54) is 16.8 Å². The summed E-state index contributed by atoms with van der Waals surface area (Å²) >= 11 is 0. The van der Waals surface area contributed by atoms with Gasteiger partial charge in [-0.3, -0.25) is 0 Å². The predicted octanol–water partition coefficient (Wildman–Crippen LogP) is 4.19. The Morgan fingerprint density at radius 2 is 1.50 bits per heavy atom. The van der Waals surface area contributed by atoms with Crippen molar-refractivity contribution in [3.63, 3.8) is 0 Å². The summed E-state index contributed by atoms with van der Waals surface area (Å²) in [5.41, 5.74) is 3.97. The quantitative estimate of drug-likeness (QED) is 0.705. The van der Waals surface area contributed by atoms with Crippen LogP contribution in [-0.4, -0.2) is 6.54 Å². The van der Waals surface area contributed by atoms with Gasteiger partial charge in [0.05, 0.1) is 6.04 Å². The van der Waals surface area contributed by atoms with Gasteiger partial charge in [-0.05, 0) is 24.1 Å².